The molecule has 1 rings (SSSR count). The molecule has 0 aliphatic rings. The number of halogens is 2. The lowest BCUT2D eigenvalue weighted by molar-refractivity contribution is -0.386. The molecule has 0 bridgehead atoms. The number of nitrogens with one attached hydrogen (secondary N) is 1. The molecule has 0 aliphatic carbocycles. The Balaban J connectivity index is 3.27. The highest BCUT2D eigenvalue weighted by Gasteiger charge is 2.27. The molecule has 0 saturated heterocycles. The Hall–Kier alpha value is -1.72. The van der Waals surface area contributed by atoms with Gasteiger partial charge in [-0.3, -0.25) is 10.1 Å². The first-order valence-corrected chi connectivity index (χ1v) is 5.74. The first kappa shape index (κ1) is 14.3. The van der Waals surface area contributed by atoms with Crippen molar-refractivity contribution in [3.05, 3.63) is 33.9 Å². The molecule has 0 aromatic heterocycles. The Morgan fingerprint density at radius 3 is 2.33 bits per heavy atom. The van der Waals surface area contributed by atoms with Gasteiger partial charge in [0.1, 0.15) is 11.5 Å². The fraction of sp³-hybridized carbons (Fsp3) is 0.500. The van der Waals surface area contributed by atoms with E-state index in [-0.39, 0.29) is 5.69 Å². The quantitative estimate of drug-likeness (QED) is 0.644. The van der Waals surface area contributed by atoms with Crippen LogP contribution in [-0.4, -0.2) is 10.5 Å². The van der Waals surface area contributed by atoms with E-state index in [1.165, 1.54) is 0 Å². The minimum atomic E-state index is -1.17. The third-order valence-corrected chi connectivity index (χ3v) is 3.21. The molecule has 0 atom stereocenters. The summed E-state index contributed by atoms with van der Waals surface area (Å²) in [6, 6.07) is 1.46. The maximum atomic E-state index is 13.4. The highest BCUT2D eigenvalue weighted by Crippen LogP contribution is 2.32. The van der Waals surface area contributed by atoms with Crippen LogP contribution in [0.3, 0.4) is 0 Å². The smallest absolute Gasteiger partial charge is 0.327 e. The molecule has 1 N–H and O–H groups in total. The fourth-order valence-corrected chi connectivity index (χ4v) is 1.60. The van der Waals surface area contributed by atoms with Crippen LogP contribution >= 0.6 is 0 Å². The van der Waals surface area contributed by atoms with Crippen LogP contribution in [0.2, 0.25) is 0 Å². The fourth-order valence-electron chi connectivity index (χ4n) is 1.60. The lowest BCUT2D eigenvalue weighted by Gasteiger charge is -2.29. The Morgan fingerprint density at radius 2 is 1.89 bits per heavy atom. The molecule has 0 amide bonds. The SMILES string of the molecule is CCC(C)(CC)Nc1cc(F)cc(F)c1[N+](=O)[O-]. The normalized spacial score (nSPS) is 11.4. The second kappa shape index (κ2) is 5.29. The van der Waals surface area contributed by atoms with Crippen molar-refractivity contribution in [1.82, 2.24) is 0 Å². The van der Waals surface area contributed by atoms with E-state index in [9.17, 15) is 18.9 Å². The summed E-state index contributed by atoms with van der Waals surface area (Å²) in [7, 11) is 0. The molecular formula is C12H16F2N2O2. The summed E-state index contributed by atoms with van der Waals surface area (Å²) in [5.41, 5.74) is -1.28. The van der Waals surface area contributed by atoms with Crippen LogP contribution in [0.4, 0.5) is 20.2 Å². The highest BCUT2D eigenvalue weighted by atomic mass is 19.1. The number of anilines is 1. The van der Waals surface area contributed by atoms with Crippen LogP contribution in [-0.2, 0) is 0 Å². The molecule has 6 heteroatoms. The second-order valence-electron chi connectivity index (χ2n) is 4.43. The largest absolute Gasteiger partial charge is 0.374 e. The summed E-state index contributed by atoms with van der Waals surface area (Å²) < 4.78 is 26.6. The van der Waals surface area contributed by atoms with E-state index in [0.717, 1.165) is 6.07 Å². The number of nitro groups is 1. The molecule has 0 spiro atoms. The van der Waals surface area contributed by atoms with Gasteiger partial charge in [-0.2, -0.15) is 4.39 Å². The summed E-state index contributed by atoms with van der Waals surface area (Å²) in [5, 5.41) is 13.7. The van der Waals surface area contributed by atoms with Crippen molar-refractivity contribution in [3.63, 3.8) is 0 Å². The van der Waals surface area contributed by atoms with Crippen molar-refractivity contribution in [2.24, 2.45) is 0 Å². The van der Waals surface area contributed by atoms with Gasteiger partial charge in [-0.25, -0.2) is 4.39 Å². The number of benzene rings is 1. The van der Waals surface area contributed by atoms with E-state index in [1.807, 2.05) is 20.8 Å². The van der Waals surface area contributed by atoms with Crippen LogP contribution in [0.5, 0.6) is 0 Å². The molecule has 0 radical (unpaired) electrons. The molecule has 1 aromatic carbocycles. The minimum Gasteiger partial charge on any atom is -0.374 e. The molecule has 100 valence electrons. The van der Waals surface area contributed by atoms with Crippen LogP contribution < -0.4 is 5.32 Å². The van der Waals surface area contributed by atoms with E-state index in [2.05, 4.69) is 5.32 Å². The van der Waals surface area contributed by atoms with Gasteiger partial charge in [0.2, 0.25) is 5.82 Å². The zero-order chi connectivity index (χ0) is 13.9. The average molecular weight is 258 g/mol. The van der Waals surface area contributed by atoms with Gasteiger partial charge in [0, 0.05) is 17.7 Å². The molecule has 1 aromatic rings. The molecule has 0 aliphatic heterocycles. The van der Waals surface area contributed by atoms with Gasteiger partial charge in [-0.1, -0.05) is 13.8 Å². The molecule has 0 heterocycles. The summed E-state index contributed by atoms with van der Waals surface area (Å²) in [4.78, 5) is 9.98. The third-order valence-electron chi connectivity index (χ3n) is 3.21. The number of rotatable bonds is 5. The average Bonchev–Trinajstić information content (AvgIpc) is 2.27. The van der Waals surface area contributed by atoms with Crippen molar-refractivity contribution in [2.75, 3.05) is 5.32 Å². The zero-order valence-corrected chi connectivity index (χ0v) is 10.6. The first-order valence-electron chi connectivity index (χ1n) is 5.74. The second-order valence-corrected chi connectivity index (χ2v) is 4.43. The van der Waals surface area contributed by atoms with Gasteiger partial charge in [-0.15, -0.1) is 0 Å². The lowest BCUT2D eigenvalue weighted by Crippen LogP contribution is -2.33. The van der Waals surface area contributed by atoms with Gasteiger partial charge in [0.25, 0.3) is 0 Å². The standard InChI is InChI=1S/C12H16F2N2O2/c1-4-12(3,5-2)15-10-7-8(13)6-9(14)11(10)16(17)18/h6-7,15H,4-5H2,1-3H3. The van der Waals surface area contributed by atoms with Gasteiger partial charge in [0.05, 0.1) is 4.92 Å². The van der Waals surface area contributed by atoms with Gasteiger partial charge in [0.15, 0.2) is 0 Å². The van der Waals surface area contributed by atoms with Crippen LogP contribution in [0.25, 0.3) is 0 Å². The van der Waals surface area contributed by atoms with Crippen molar-refractivity contribution < 1.29 is 13.7 Å². The van der Waals surface area contributed by atoms with Gasteiger partial charge in [-0.05, 0) is 19.8 Å². The lowest BCUT2D eigenvalue weighted by atomic mass is 9.95. The van der Waals surface area contributed by atoms with Crippen LogP contribution in [0.15, 0.2) is 12.1 Å². The molecule has 0 saturated carbocycles. The third kappa shape index (κ3) is 2.94. The van der Waals surface area contributed by atoms with Crippen molar-refractivity contribution in [3.8, 4) is 0 Å². The molecule has 0 unspecified atom stereocenters. The number of nitrogens with zero attached hydrogens (tertiary/aromatic N) is 1. The van der Waals surface area contributed by atoms with Gasteiger partial charge < -0.3 is 5.32 Å². The summed E-state index contributed by atoms with van der Waals surface area (Å²) in [6.07, 6.45) is 1.36. The van der Waals surface area contributed by atoms with Crippen molar-refractivity contribution >= 4 is 11.4 Å². The topological polar surface area (TPSA) is 55.2 Å². The van der Waals surface area contributed by atoms with E-state index < -0.39 is 27.8 Å². The molecular weight excluding hydrogens is 242 g/mol. The molecule has 0 fully saturated rings. The van der Waals surface area contributed by atoms with E-state index >= 15 is 0 Å². The number of hydrogen-bond donors (Lipinski definition) is 1. The Labute approximate surface area is 104 Å². The maximum absolute atomic E-state index is 13.4. The summed E-state index contributed by atoms with van der Waals surface area (Å²) in [5.74, 6) is -2.01. The first-order chi connectivity index (χ1) is 8.33. The number of nitro benzene ring substituents is 1. The monoisotopic (exact) mass is 258 g/mol. The zero-order valence-electron chi connectivity index (χ0n) is 10.6. The molecule has 4 nitrogen and oxygen atoms in total. The minimum absolute atomic E-state index is 0.122. The Bertz CT molecular complexity index is 460. The predicted octanol–water partition coefficient (Wildman–Crippen LogP) is 3.86. The Kier molecular flexibility index (Phi) is 4.21. The van der Waals surface area contributed by atoms with E-state index in [1.54, 1.807) is 0 Å². The van der Waals surface area contributed by atoms with Crippen molar-refractivity contribution in [2.45, 2.75) is 39.2 Å². The van der Waals surface area contributed by atoms with Crippen LogP contribution in [0, 0.1) is 21.7 Å². The van der Waals surface area contributed by atoms with Crippen molar-refractivity contribution in [1.29, 1.82) is 0 Å². The number of hydrogen-bond acceptors (Lipinski definition) is 3. The Morgan fingerprint density at radius 1 is 1.33 bits per heavy atom. The van der Waals surface area contributed by atoms with E-state index in [0.29, 0.717) is 18.9 Å². The predicted molar refractivity (Wildman–Crippen MR) is 65.6 cm³/mol. The highest BCUT2D eigenvalue weighted by molar-refractivity contribution is 5.63. The summed E-state index contributed by atoms with van der Waals surface area (Å²) >= 11 is 0. The van der Waals surface area contributed by atoms with E-state index in [4.69, 9.17) is 0 Å². The summed E-state index contributed by atoms with van der Waals surface area (Å²) in [6.45, 7) is 5.65. The van der Waals surface area contributed by atoms with Gasteiger partial charge >= 0.3 is 5.69 Å². The molecule has 18 heavy (non-hydrogen) atoms. The maximum Gasteiger partial charge on any atom is 0.327 e. The van der Waals surface area contributed by atoms with Crippen LogP contribution in [0.1, 0.15) is 33.6 Å².